The van der Waals surface area contributed by atoms with Crippen molar-refractivity contribution in [1.82, 2.24) is 14.9 Å². The van der Waals surface area contributed by atoms with Crippen molar-refractivity contribution >= 4 is 51.8 Å². The molecule has 1 aliphatic rings. The van der Waals surface area contributed by atoms with Gasteiger partial charge in [0.1, 0.15) is 0 Å². The second-order valence-corrected chi connectivity index (χ2v) is 10.4. The van der Waals surface area contributed by atoms with E-state index in [0.29, 0.717) is 32.3 Å². The fourth-order valence-corrected chi connectivity index (χ4v) is 4.96. The van der Waals surface area contributed by atoms with Gasteiger partial charge in [-0.2, -0.15) is 0 Å². The Morgan fingerprint density at radius 3 is 2.57 bits per heavy atom. The average molecular weight is 533 g/mol. The van der Waals surface area contributed by atoms with Crippen LogP contribution in [-0.2, 0) is 11.3 Å². The Kier molecular flexibility index (Phi) is 7.30. The second-order valence-electron chi connectivity index (χ2n) is 9.07. The highest BCUT2D eigenvalue weighted by Crippen LogP contribution is 2.24. The minimum absolute atomic E-state index is 0.0509. The van der Waals surface area contributed by atoms with Crippen LogP contribution in [0.4, 0.5) is 5.69 Å². The maximum Gasteiger partial charge on any atom is 0.262 e. The molecule has 0 bridgehead atoms. The third-order valence-electron chi connectivity index (χ3n) is 6.03. The number of amides is 2. The number of hydrogen-bond acceptors (Lipinski definition) is 5. The van der Waals surface area contributed by atoms with Crippen molar-refractivity contribution in [3.63, 3.8) is 0 Å². The first kappa shape index (κ1) is 25.0. The molecule has 1 saturated carbocycles. The van der Waals surface area contributed by atoms with Crippen LogP contribution < -0.4 is 16.2 Å². The van der Waals surface area contributed by atoms with E-state index in [1.807, 2.05) is 31.2 Å². The van der Waals surface area contributed by atoms with E-state index in [0.717, 1.165) is 24.0 Å². The number of carbonyl (C=O) groups excluding carboxylic acids is 2. The predicted octanol–water partition coefficient (Wildman–Crippen LogP) is 5.03. The van der Waals surface area contributed by atoms with E-state index in [1.54, 1.807) is 47.0 Å². The van der Waals surface area contributed by atoms with Gasteiger partial charge in [0.2, 0.25) is 5.91 Å². The van der Waals surface area contributed by atoms with Gasteiger partial charge in [0.15, 0.2) is 5.16 Å². The Bertz CT molecular complexity index is 1550. The molecule has 0 unspecified atom stereocenters. The van der Waals surface area contributed by atoms with E-state index in [2.05, 4.69) is 15.6 Å². The van der Waals surface area contributed by atoms with E-state index in [4.69, 9.17) is 11.6 Å². The molecule has 0 aliphatic heterocycles. The van der Waals surface area contributed by atoms with Gasteiger partial charge in [-0.3, -0.25) is 19.0 Å². The van der Waals surface area contributed by atoms with Crippen LogP contribution in [0.5, 0.6) is 0 Å². The Morgan fingerprint density at radius 1 is 1.08 bits per heavy atom. The van der Waals surface area contributed by atoms with Gasteiger partial charge in [0, 0.05) is 11.6 Å². The largest absolute Gasteiger partial charge is 0.349 e. The third kappa shape index (κ3) is 6.03. The molecule has 9 heteroatoms. The molecule has 0 spiro atoms. The zero-order valence-electron chi connectivity index (χ0n) is 20.2. The van der Waals surface area contributed by atoms with Gasteiger partial charge in [-0.25, -0.2) is 4.98 Å². The monoisotopic (exact) mass is 532 g/mol. The van der Waals surface area contributed by atoms with Gasteiger partial charge < -0.3 is 10.6 Å². The molecule has 2 N–H and O–H groups in total. The number of anilines is 1. The van der Waals surface area contributed by atoms with Crippen LogP contribution in [0.25, 0.3) is 10.9 Å². The van der Waals surface area contributed by atoms with E-state index in [9.17, 15) is 14.4 Å². The van der Waals surface area contributed by atoms with Crippen LogP contribution in [0.3, 0.4) is 0 Å². The summed E-state index contributed by atoms with van der Waals surface area (Å²) in [6.45, 7) is 2.18. The number of carbonyl (C=O) groups is 2. The minimum Gasteiger partial charge on any atom is -0.349 e. The molecule has 37 heavy (non-hydrogen) atoms. The summed E-state index contributed by atoms with van der Waals surface area (Å²) >= 11 is 7.43. The minimum atomic E-state index is -0.254. The lowest BCUT2D eigenvalue weighted by molar-refractivity contribution is -0.113. The van der Waals surface area contributed by atoms with Crippen LogP contribution in [0, 0.1) is 6.92 Å². The maximum atomic E-state index is 13.4. The summed E-state index contributed by atoms with van der Waals surface area (Å²) in [4.78, 5) is 43.1. The van der Waals surface area contributed by atoms with Gasteiger partial charge in [-0.15, -0.1) is 0 Å². The van der Waals surface area contributed by atoms with Crippen molar-refractivity contribution < 1.29 is 9.59 Å². The number of rotatable bonds is 8. The van der Waals surface area contributed by atoms with Crippen LogP contribution >= 0.6 is 23.4 Å². The summed E-state index contributed by atoms with van der Waals surface area (Å²) in [6, 6.07) is 20.1. The molecule has 1 heterocycles. The van der Waals surface area contributed by atoms with Crippen LogP contribution in [0.2, 0.25) is 5.02 Å². The lowest BCUT2D eigenvalue weighted by atomic mass is 10.1. The molecule has 1 aromatic heterocycles. The molecule has 1 aliphatic carbocycles. The first-order chi connectivity index (χ1) is 17.9. The summed E-state index contributed by atoms with van der Waals surface area (Å²) in [6.07, 6.45) is 2.05. The van der Waals surface area contributed by atoms with Crippen LogP contribution in [0.15, 0.2) is 76.7 Å². The summed E-state index contributed by atoms with van der Waals surface area (Å²) in [5.41, 5.74) is 3.34. The number of nitrogens with one attached hydrogen (secondary N) is 2. The van der Waals surface area contributed by atoms with Gasteiger partial charge in [-0.05, 0) is 67.3 Å². The molecule has 7 nitrogen and oxygen atoms in total. The smallest absolute Gasteiger partial charge is 0.262 e. The lowest BCUT2D eigenvalue weighted by Crippen LogP contribution is -2.26. The fourth-order valence-electron chi connectivity index (χ4n) is 3.88. The molecular formula is C28H25ClN4O3S. The normalized spacial score (nSPS) is 12.9. The van der Waals surface area contributed by atoms with E-state index in [1.165, 1.54) is 11.8 Å². The number of aryl methyl sites for hydroxylation is 1. The number of halogens is 1. The number of thioether (sulfide) groups is 1. The number of para-hydroxylation sites is 1. The topological polar surface area (TPSA) is 93.1 Å². The van der Waals surface area contributed by atoms with E-state index < -0.39 is 0 Å². The van der Waals surface area contributed by atoms with Gasteiger partial charge in [-0.1, -0.05) is 53.7 Å². The maximum absolute atomic E-state index is 13.4. The molecule has 0 radical (unpaired) electrons. The van der Waals surface area contributed by atoms with Gasteiger partial charge in [0.25, 0.3) is 11.5 Å². The zero-order valence-corrected chi connectivity index (χ0v) is 21.7. The number of nitrogens with zero attached hydrogens (tertiary/aromatic N) is 2. The molecule has 0 atom stereocenters. The van der Waals surface area contributed by atoms with Crippen LogP contribution in [0.1, 0.15) is 34.3 Å². The Labute approximate surface area is 223 Å². The highest BCUT2D eigenvalue weighted by Gasteiger charge is 2.23. The summed E-state index contributed by atoms with van der Waals surface area (Å²) < 4.78 is 1.57. The Balaban J connectivity index is 1.36. The molecule has 1 fully saturated rings. The second kappa shape index (κ2) is 10.8. The molecule has 5 rings (SSSR count). The van der Waals surface area contributed by atoms with Crippen molar-refractivity contribution in [3.8, 4) is 0 Å². The van der Waals surface area contributed by atoms with Gasteiger partial charge in [0.05, 0.1) is 33.9 Å². The number of aromatic nitrogens is 2. The molecular weight excluding hydrogens is 508 g/mol. The first-order valence-corrected chi connectivity index (χ1v) is 13.3. The Hall–Kier alpha value is -3.62. The molecule has 2 amide bonds. The third-order valence-corrected chi connectivity index (χ3v) is 7.32. The summed E-state index contributed by atoms with van der Waals surface area (Å²) in [7, 11) is 0. The molecule has 0 saturated heterocycles. The average Bonchev–Trinajstić information content (AvgIpc) is 3.71. The molecule has 4 aromatic rings. The van der Waals surface area contributed by atoms with Crippen molar-refractivity contribution in [2.75, 3.05) is 11.1 Å². The quantitative estimate of drug-likeness (QED) is 0.245. The first-order valence-electron chi connectivity index (χ1n) is 12.0. The SMILES string of the molecule is Cc1ccc(NC(=O)CSc2nc3ccccc3c(=O)n2Cc2ccc(C(=O)NC3CC3)cc2)c(Cl)c1. The highest BCUT2D eigenvalue weighted by molar-refractivity contribution is 7.99. The van der Waals surface area contributed by atoms with Crippen molar-refractivity contribution in [2.45, 2.75) is 37.5 Å². The van der Waals surface area contributed by atoms with Crippen molar-refractivity contribution in [3.05, 3.63) is 98.8 Å². The van der Waals surface area contributed by atoms with Crippen molar-refractivity contribution in [1.29, 1.82) is 0 Å². The zero-order chi connectivity index (χ0) is 25.9. The number of benzene rings is 3. The lowest BCUT2D eigenvalue weighted by Gasteiger charge is -2.14. The number of hydrogen-bond donors (Lipinski definition) is 2. The van der Waals surface area contributed by atoms with E-state index >= 15 is 0 Å². The number of fused-ring (bicyclic) bond motifs is 1. The van der Waals surface area contributed by atoms with Gasteiger partial charge >= 0.3 is 0 Å². The van der Waals surface area contributed by atoms with Crippen LogP contribution in [-0.4, -0.2) is 33.2 Å². The molecule has 3 aromatic carbocycles. The predicted molar refractivity (Wildman–Crippen MR) is 148 cm³/mol. The standard InChI is InChI=1S/C28H25ClN4O3S/c1-17-6-13-24(22(29)14-17)31-25(34)16-37-28-32-23-5-3-2-4-21(23)27(36)33(28)15-18-7-9-19(10-8-18)26(35)30-20-11-12-20/h2-10,13-14,20H,11-12,15-16H2,1H3,(H,30,35)(H,31,34). The highest BCUT2D eigenvalue weighted by atomic mass is 35.5. The molecule has 188 valence electrons. The van der Waals surface area contributed by atoms with E-state index in [-0.39, 0.29) is 35.7 Å². The summed E-state index contributed by atoms with van der Waals surface area (Å²) in [5.74, 6) is -0.291. The summed E-state index contributed by atoms with van der Waals surface area (Å²) in [5, 5.41) is 7.20. The Morgan fingerprint density at radius 2 is 1.84 bits per heavy atom. The van der Waals surface area contributed by atoms with Crippen molar-refractivity contribution in [2.24, 2.45) is 0 Å². The fraction of sp³-hybridized carbons (Fsp3) is 0.214.